The molecule has 0 saturated carbocycles. The number of nitrogens with zero attached hydrogens (tertiary/aromatic N) is 1. The maximum atomic E-state index is 10.9. The Bertz CT molecular complexity index is 675. The Morgan fingerprint density at radius 3 is 2.90 bits per heavy atom. The van der Waals surface area contributed by atoms with E-state index in [1.807, 2.05) is 6.07 Å². The Kier molecular flexibility index (Phi) is 5.35. The van der Waals surface area contributed by atoms with Crippen molar-refractivity contribution in [1.82, 2.24) is 4.98 Å². The van der Waals surface area contributed by atoms with Gasteiger partial charge in [0, 0.05) is 16.7 Å². The van der Waals surface area contributed by atoms with Gasteiger partial charge in [0.2, 0.25) is 0 Å². The molecule has 8 heteroatoms. The second-order valence-corrected chi connectivity index (χ2v) is 6.32. The molecule has 0 saturated heterocycles. The maximum absolute atomic E-state index is 10.9. The van der Waals surface area contributed by atoms with E-state index >= 15 is 0 Å². The van der Waals surface area contributed by atoms with Crippen LogP contribution in [0.4, 0.5) is 0 Å². The summed E-state index contributed by atoms with van der Waals surface area (Å²) in [5.41, 5.74) is 7.07. The Hall–Kier alpha value is -1.41. The van der Waals surface area contributed by atoms with E-state index in [4.69, 9.17) is 21.5 Å². The smallest absolute Gasteiger partial charge is 0.320 e. The number of aldehydes is 1. The average molecular weight is 343 g/mol. The van der Waals surface area contributed by atoms with Crippen LogP contribution in [0.5, 0.6) is 0 Å². The molecular formula is C13H11ClN2O3S2. The van der Waals surface area contributed by atoms with Gasteiger partial charge in [-0.25, -0.2) is 4.98 Å². The van der Waals surface area contributed by atoms with Crippen molar-refractivity contribution >= 4 is 45.3 Å². The second-order valence-electron chi connectivity index (χ2n) is 4.20. The quantitative estimate of drug-likeness (QED) is 0.784. The highest BCUT2D eigenvalue weighted by atomic mass is 35.7. The second kappa shape index (κ2) is 7.04. The average Bonchev–Trinajstić information content (AvgIpc) is 2.95. The van der Waals surface area contributed by atoms with Crippen molar-refractivity contribution in [3.8, 4) is 10.6 Å². The monoisotopic (exact) mass is 342 g/mol. The molecule has 1 heterocycles. The van der Waals surface area contributed by atoms with E-state index in [0.29, 0.717) is 9.88 Å². The van der Waals surface area contributed by atoms with Crippen LogP contribution >= 0.6 is 33.0 Å². The van der Waals surface area contributed by atoms with Crippen molar-refractivity contribution in [3.05, 3.63) is 34.8 Å². The first-order valence-electron chi connectivity index (χ1n) is 5.87. The number of aliphatic carboxylic acids is 1. The molecule has 3 N–H and O–H groups in total. The topological polar surface area (TPSA) is 93.3 Å². The number of carbonyl (C=O) groups is 2. The van der Waals surface area contributed by atoms with Crippen LogP contribution < -0.4 is 5.73 Å². The molecule has 0 aliphatic carbocycles. The van der Waals surface area contributed by atoms with Gasteiger partial charge in [0.1, 0.15) is 11.0 Å². The number of rotatable bonds is 6. The number of thiazole rings is 1. The predicted octanol–water partition coefficient (Wildman–Crippen LogP) is 2.82. The van der Waals surface area contributed by atoms with Gasteiger partial charge in [-0.15, -0.1) is 11.3 Å². The Morgan fingerprint density at radius 2 is 2.33 bits per heavy atom. The summed E-state index contributed by atoms with van der Waals surface area (Å²) in [4.78, 5) is 27.2. The molecule has 0 aliphatic rings. The normalized spacial score (nSPS) is 12.1. The van der Waals surface area contributed by atoms with E-state index < -0.39 is 12.0 Å². The van der Waals surface area contributed by atoms with E-state index in [2.05, 4.69) is 4.98 Å². The highest BCUT2D eigenvalue weighted by molar-refractivity contribution is 8.21. The van der Waals surface area contributed by atoms with Crippen LogP contribution in [-0.4, -0.2) is 28.4 Å². The summed E-state index contributed by atoms with van der Waals surface area (Å²) in [5.74, 6) is -1.07. The minimum absolute atomic E-state index is 0.159. The predicted molar refractivity (Wildman–Crippen MR) is 84.0 cm³/mol. The number of carbonyl (C=O) groups excluding carboxylic acids is 1. The zero-order valence-electron chi connectivity index (χ0n) is 10.7. The lowest BCUT2D eigenvalue weighted by Gasteiger charge is -2.13. The molecule has 110 valence electrons. The van der Waals surface area contributed by atoms with Crippen LogP contribution in [0.3, 0.4) is 0 Å². The van der Waals surface area contributed by atoms with Crippen LogP contribution in [0.15, 0.2) is 29.3 Å². The van der Waals surface area contributed by atoms with Crippen molar-refractivity contribution in [1.29, 1.82) is 0 Å². The van der Waals surface area contributed by atoms with Gasteiger partial charge < -0.3 is 10.8 Å². The van der Waals surface area contributed by atoms with Gasteiger partial charge in [-0.05, 0) is 39.7 Å². The molecule has 1 unspecified atom stereocenters. The summed E-state index contributed by atoms with van der Waals surface area (Å²) >= 11 is 1.23. The van der Waals surface area contributed by atoms with E-state index in [1.54, 1.807) is 12.1 Å². The molecule has 0 aliphatic heterocycles. The maximum Gasteiger partial charge on any atom is 0.320 e. The lowest BCUT2D eigenvalue weighted by atomic mass is 10.0. The molecule has 21 heavy (non-hydrogen) atoms. The summed E-state index contributed by atoms with van der Waals surface area (Å²) < 4.78 is 0. The zero-order valence-corrected chi connectivity index (χ0v) is 13.0. The number of hydrogen-bond acceptors (Lipinski definition) is 6. The summed E-state index contributed by atoms with van der Waals surface area (Å²) in [6.45, 7) is 0. The van der Waals surface area contributed by atoms with E-state index in [0.717, 1.165) is 33.3 Å². The van der Waals surface area contributed by atoms with Gasteiger partial charge in [-0.3, -0.25) is 9.59 Å². The number of carboxylic acids is 1. The van der Waals surface area contributed by atoms with Crippen molar-refractivity contribution in [2.75, 3.05) is 0 Å². The van der Waals surface area contributed by atoms with Crippen molar-refractivity contribution in [3.63, 3.8) is 0 Å². The summed E-state index contributed by atoms with van der Waals surface area (Å²) in [6, 6.07) is 4.37. The number of aromatic nitrogens is 1. The Morgan fingerprint density at radius 1 is 1.57 bits per heavy atom. The fraction of sp³-hybridized carbons (Fsp3) is 0.154. The number of halogens is 1. The summed E-state index contributed by atoms with van der Waals surface area (Å²) in [7, 11) is 6.89. The van der Waals surface area contributed by atoms with E-state index in [9.17, 15) is 9.59 Å². The van der Waals surface area contributed by atoms with Crippen molar-refractivity contribution in [2.24, 2.45) is 5.73 Å². The Labute approximate surface area is 133 Å². The molecule has 0 fully saturated rings. The highest BCUT2D eigenvalue weighted by Crippen LogP contribution is 2.38. The number of benzene rings is 1. The van der Waals surface area contributed by atoms with Crippen LogP contribution in [0.2, 0.25) is 0 Å². The number of hydrogen-bond donors (Lipinski definition) is 2. The fourth-order valence-corrected chi connectivity index (χ4v) is 3.55. The molecule has 0 amide bonds. The SMILES string of the molecule is NC(Cc1cccc(SCl)c1-c1ncc(C=O)s1)C(=O)O. The molecule has 0 spiro atoms. The molecule has 2 aromatic rings. The van der Waals surface area contributed by atoms with Gasteiger partial charge >= 0.3 is 5.97 Å². The highest BCUT2D eigenvalue weighted by Gasteiger charge is 2.19. The molecule has 1 aromatic heterocycles. The largest absolute Gasteiger partial charge is 0.480 e. The van der Waals surface area contributed by atoms with E-state index in [1.165, 1.54) is 17.5 Å². The van der Waals surface area contributed by atoms with Crippen LogP contribution in [0, 0.1) is 0 Å². The lowest BCUT2D eigenvalue weighted by molar-refractivity contribution is -0.138. The summed E-state index contributed by atoms with van der Waals surface area (Å²) in [5, 5.41) is 9.58. The first kappa shape index (κ1) is 16.0. The van der Waals surface area contributed by atoms with Crippen LogP contribution in [0.25, 0.3) is 10.6 Å². The molecule has 2 rings (SSSR count). The standard InChI is InChI=1S/C13H11ClN2O3S2/c14-21-10-3-1-2-7(4-9(15)13(18)19)11(10)12-16-5-8(6-17)20-12/h1-3,5-6,9H,4,15H2,(H,18,19). The van der Waals surface area contributed by atoms with Gasteiger partial charge in [-0.2, -0.15) is 0 Å². The first-order chi connectivity index (χ1) is 10.1. The molecule has 5 nitrogen and oxygen atoms in total. The van der Waals surface area contributed by atoms with Gasteiger partial charge in [-0.1, -0.05) is 12.1 Å². The van der Waals surface area contributed by atoms with Gasteiger partial charge in [0.15, 0.2) is 6.29 Å². The minimum atomic E-state index is -1.07. The number of nitrogens with two attached hydrogens (primary N) is 1. The van der Waals surface area contributed by atoms with Gasteiger partial charge in [0.25, 0.3) is 0 Å². The molecular weight excluding hydrogens is 332 g/mol. The zero-order chi connectivity index (χ0) is 15.4. The van der Waals surface area contributed by atoms with Crippen LogP contribution in [-0.2, 0) is 11.2 Å². The molecule has 1 aromatic carbocycles. The van der Waals surface area contributed by atoms with E-state index in [-0.39, 0.29) is 6.42 Å². The molecule has 0 bridgehead atoms. The third-order valence-corrected chi connectivity index (χ3v) is 4.75. The van der Waals surface area contributed by atoms with Crippen molar-refractivity contribution in [2.45, 2.75) is 17.4 Å². The van der Waals surface area contributed by atoms with Crippen LogP contribution in [0.1, 0.15) is 15.2 Å². The summed E-state index contributed by atoms with van der Waals surface area (Å²) in [6.07, 6.45) is 2.36. The van der Waals surface area contributed by atoms with Gasteiger partial charge in [0.05, 0.1) is 4.88 Å². The third kappa shape index (κ3) is 3.62. The Balaban J connectivity index is 2.50. The third-order valence-electron chi connectivity index (χ3n) is 2.81. The number of carboxylic acid groups (broad SMARTS) is 1. The minimum Gasteiger partial charge on any atom is -0.480 e. The fourth-order valence-electron chi connectivity index (χ4n) is 1.83. The first-order valence-corrected chi connectivity index (χ1v) is 8.33. The van der Waals surface area contributed by atoms with Crippen molar-refractivity contribution < 1.29 is 14.7 Å². The molecule has 1 atom stereocenters. The molecule has 0 radical (unpaired) electrons. The lowest BCUT2D eigenvalue weighted by Crippen LogP contribution is -2.32.